The van der Waals surface area contributed by atoms with E-state index in [9.17, 15) is 0 Å². The van der Waals surface area contributed by atoms with Crippen molar-refractivity contribution in [2.75, 3.05) is 7.05 Å². The van der Waals surface area contributed by atoms with Gasteiger partial charge in [0.25, 0.3) is 0 Å². The molecule has 4 aromatic carbocycles. The molecule has 0 amide bonds. The highest BCUT2D eigenvalue weighted by Gasteiger charge is 2.42. The molecule has 2 unspecified atom stereocenters. The summed E-state index contributed by atoms with van der Waals surface area (Å²) in [5.74, 6) is 0.816. The summed E-state index contributed by atoms with van der Waals surface area (Å²) >= 11 is 0. The molecule has 2 aliphatic rings. The predicted octanol–water partition coefficient (Wildman–Crippen LogP) is 6.87. The number of ether oxygens (including phenoxy) is 1. The lowest BCUT2D eigenvalue weighted by Crippen LogP contribution is -2.36. The second-order valence-corrected chi connectivity index (χ2v) is 9.55. The largest absolute Gasteiger partial charge is 0.470 e. The third kappa shape index (κ3) is 4.03. The Balaban J connectivity index is 1.56. The summed E-state index contributed by atoms with van der Waals surface area (Å²) in [6, 6.07) is 34.2. The maximum Gasteiger partial charge on any atom is 0.188 e. The highest BCUT2D eigenvalue weighted by Crippen LogP contribution is 2.50. The molecule has 3 heteroatoms. The van der Waals surface area contributed by atoms with Crippen molar-refractivity contribution in [3.05, 3.63) is 167 Å². The molecule has 0 fully saturated rings. The van der Waals surface area contributed by atoms with Crippen LogP contribution in [0.4, 0.5) is 0 Å². The Labute approximate surface area is 218 Å². The Bertz CT molecular complexity index is 1520. The van der Waals surface area contributed by atoms with Gasteiger partial charge in [-0.25, -0.2) is 5.43 Å². The van der Waals surface area contributed by atoms with Crippen molar-refractivity contribution in [2.24, 2.45) is 0 Å². The van der Waals surface area contributed by atoms with Gasteiger partial charge < -0.3 is 4.74 Å². The fourth-order valence-electron chi connectivity index (χ4n) is 5.76. The summed E-state index contributed by atoms with van der Waals surface area (Å²) < 4.78 is 6.56. The Kier molecular flexibility index (Phi) is 6.09. The summed E-state index contributed by atoms with van der Waals surface area (Å²) in [5.41, 5.74) is 15.5. The van der Waals surface area contributed by atoms with Crippen LogP contribution in [-0.4, -0.2) is 7.05 Å². The number of hydrazine groups is 1. The second-order valence-electron chi connectivity index (χ2n) is 9.55. The summed E-state index contributed by atoms with van der Waals surface area (Å²) in [6.45, 7) is 4.40. The van der Waals surface area contributed by atoms with Crippen molar-refractivity contribution < 1.29 is 4.74 Å². The molecule has 4 aromatic rings. The first-order valence-corrected chi connectivity index (χ1v) is 12.7. The van der Waals surface area contributed by atoms with Crippen molar-refractivity contribution in [3.8, 4) is 5.75 Å². The molecule has 3 nitrogen and oxygen atoms in total. The second kappa shape index (κ2) is 9.70. The van der Waals surface area contributed by atoms with E-state index < -0.39 is 5.41 Å². The van der Waals surface area contributed by atoms with E-state index >= 15 is 0 Å². The van der Waals surface area contributed by atoms with E-state index in [2.05, 4.69) is 121 Å². The molecule has 0 radical (unpaired) electrons. The first-order valence-electron chi connectivity index (χ1n) is 12.7. The number of rotatable bonds is 5. The van der Waals surface area contributed by atoms with Crippen LogP contribution in [0.5, 0.6) is 5.75 Å². The van der Waals surface area contributed by atoms with Gasteiger partial charge in [-0.15, -0.1) is 0 Å². The lowest BCUT2D eigenvalue weighted by atomic mass is 9.61. The van der Waals surface area contributed by atoms with Crippen LogP contribution in [0, 0.1) is 0 Å². The summed E-state index contributed by atoms with van der Waals surface area (Å²) in [7, 11) is 1.86. The number of hydrogen-bond donors (Lipinski definition) is 2. The standard InChI is InChI=1S/C34H30N2O/c1-24-12-10-11-21-34(31-18-9-7-16-29(24)31)30-17-8-6-15-26(30)22-27-19-20-28(23-32(27)34)37-33(36-35-2)25-13-4-3-5-14-25/h3-21,23,33,35-36H,1,22H2,2H3/b12-10-,21-11?. The molecular formula is C34H30N2O. The minimum absolute atomic E-state index is 0.334. The zero-order chi connectivity index (χ0) is 25.2. The van der Waals surface area contributed by atoms with E-state index in [1.807, 2.05) is 25.2 Å². The average Bonchev–Trinajstić information content (AvgIpc) is 2.94. The van der Waals surface area contributed by atoms with E-state index in [0.717, 1.165) is 28.9 Å². The van der Waals surface area contributed by atoms with E-state index in [1.54, 1.807) is 0 Å². The van der Waals surface area contributed by atoms with Crippen LogP contribution in [0.2, 0.25) is 0 Å². The molecule has 1 spiro atoms. The molecule has 2 atom stereocenters. The molecule has 2 N–H and O–H groups in total. The smallest absolute Gasteiger partial charge is 0.188 e. The van der Waals surface area contributed by atoms with E-state index in [4.69, 9.17) is 4.74 Å². The lowest BCUT2D eigenvalue weighted by molar-refractivity contribution is 0.151. The van der Waals surface area contributed by atoms with E-state index in [1.165, 1.54) is 27.8 Å². The molecule has 0 saturated heterocycles. The summed E-state index contributed by atoms with van der Waals surface area (Å²) in [6.07, 6.45) is 9.24. The summed E-state index contributed by atoms with van der Waals surface area (Å²) in [4.78, 5) is 0. The predicted molar refractivity (Wildman–Crippen MR) is 151 cm³/mol. The van der Waals surface area contributed by atoms with Crippen LogP contribution in [0.15, 0.2) is 128 Å². The number of benzene rings is 4. The Morgan fingerprint density at radius 3 is 2.35 bits per heavy atom. The third-order valence-electron chi connectivity index (χ3n) is 7.41. The maximum absolute atomic E-state index is 6.56. The molecule has 0 saturated carbocycles. The molecule has 6 rings (SSSR count). The first kappa shape index (κ1) is 23.2. The first-order chi connectivity index (χ1) is 18.2. The van der Waals surface area contributed by atoms with Gasteiger partial charge in [0.05, 0.1) is 5.41 Å². The van der Waals surface area contributed by atoms with Crippen molar-refractivity contribution in [1.29, 1.82) is 0 Å². The van der Waals surface area contributed by atoms with Crippen LogP contribution in [0.3, 0.4) is 0 Å². The quantitative estimate of drug-likeness (QED) is 0.241. The van der Waals surface area contributed by atoms with Gasteiger partial charge in [-0.1, -0.05) is 116 Å². The molecule has 2 aliphatic carbocycles. The van der Waals surface area contributed by atoms with Crippen LogP contribution in [0.1, 0.15) is 45.2 Å². The maximum atomic E-state index is 6.56. The zero-order valence-electron chi connectivity index (χ0n) is 20.9. The highest BCUT2D eigenvalue weighted by atomic mass is 16.5. The minimum Gasteiger partial charge on any atom is -0.470 e. The topological polar surface area (TPSA) is 33.3 Å². The molecule has 0 bridgehead atoms. The minimum atomic E-state index is -0.466. The van der Waals surface area contributed by atoms with E-state index in [0.29, 0.717) is 0 Å². The average molecular weight is 483 g/mol. The molecule has 0 aromatic heterocycles. The third-order valence-corrected chi connectivity index (χ3v) is 7.41. The van der Waals surface area contributed by atoms with Crippen molar-refractivity contribution in [3.63, 3.8) is 0 Å². The van der Waals surface area contributed by atoms with Crippen LogP contribution < -0.4 is 15.6 Å². The Hall–Kier alpha value is -4.18. The van der Waals surface area contributed by atoms with E-state index in [-0.39, 0.29) is 6.23 Å². The van der Waals surface area contributed by atoms with Crippen LogP contribution in [-0.2, 0) is 11.8 Å². The van der Waals surface area contributed by atoms with Crippen LogP contribution >= 0.6 is 0 Å². The molecule has 182 valence electrons. The Morgan fingerprint density at radius 1 is 0.784 bits per heavy atom. The van der Waals surface area contributed by atoms with Crippen molar-refractivity contribution in [2.45, 2.75) is 18.1 Å². The molecule has 37 heavy (non-hydrogen) atoms. The van der Waals surface area contributed by atoms with Gasteiger partial charge in [0.1, 0.15) is 5.75 Å². The molecular weight excluding hydrogens is 452 g/mol. The van der Waals surface area contributed by atoms with Crippen molar-refractivity contribution >= 4 is 5.57 Å². The monoisotopic (exact) mass is 482 g/mol. The lowest BCUT2D eigenvalue weighted by Gasteiger charge is -2.41. The number of nitrogens with one attached hydrogen (secondary N) is 2. The van der Waals surface area contributed by atoms with Crippen molar-refractivity contribution in [1.82, 2.24) is 10.9 Å². The van der Waals surface area contributed by atoms with Gasteiger partial charge in [0.2, 0.25) is 0 Å². The zero-order valence-corrected chi connectivity index (χ0v) is 20.9. The number of allylic oxidation sites excluding steroid dienone is 5. The fourth-order valence-corrected chi connectivity index (χ4v) is 5.76. The SMILES string of the molecule is C=C1/C=C\C=CC2(c3ccccc3Cc3ccc(OC(NNC)c4ccccc4)cc32)c2ccccc21. The fraction of sp³-hybridized carbons (Fsp3) is 0.118. The summed E-state index contributed by atoms with van der Waals surface area (Å²) in [5, 5.41) is 0. The normalized spacial score (nSPS) is 19.2. The van der Waals surface area contributed by atoms with Crippen LogP contribution in [0.25, 0.3) is 5.57 Å². The number of hydrogen-bond acceptors (Lipinski definition) is 3. The molecule has 0 aliphatic heterocycles. The van der Waals surface area contributed by atoms with Gasteiger partial charge in [-0.05, 0) is 64.6 Å². The highest BCUT2D eigenvalue weighted by molar-refractivity contribution is 5.79. The Morgan fingerprint density at radius 2 is 1.51 bits per heavy atom. The van der Waals surface area contributed by atoms with Gasteiger partial charge in [0, 0.05) is 5.56 Å². The van der Waals surface area contributed by atoms with Gasteiger partial charge in [-0.3, -0.25) is 5.43 Å². The van der Waals surface area contributed by atoms with Gasteiger partial charge in [-0.2, -0.15) is 0 Å². The van der Waals surface area contributed by atoms with Gasteiger partial charge in [0.15, 0.2) is 6.23 Å². The molecule has 0 heterocycles. The van der Waals surface area contributed by atoms with Gasteiger partial charge >= 0.3 is 0 Å². The number of fused-ring (bicyclic) bond motifs is 6.